The zero-order valence-corrected chi connectivity index (χ0v) is 39.4. The standard InChI is InChI=1S/C31H20.C16H14.C15H10Br2/c1-25-12-14-28(15-13-25)18-21-31-23-29(19-16-26-8-4-2-5-9-26)22-30(24-31)20-17-27-10-6-3-7-11-27;1-13-6-8-15(9-7-13)10-11-16-5-3-4-14(2)12-16;1-11-2-4-12(5-3-11)6-7-13-8-14(16)10-15(17)9-13/h2-15,22-24H,1H3;3-9,12H,1-2H3;2-5,8-10H,1H3. The Bertz CT molecular complexity index is 3040. The summed E-state index contributed by atoms with van der Waals surface area (Å²) in [5, 5.41) is 0. The van der Waals surface area contributed by atoms with Crippen LogP contribution >= 0.6 is 31.9 Å². The molecule has 0 bridgehead atoms. The maximum absolute atomic E-state index is 3.45. The van der Waals surface area contributed by atoms with E-state index in [2.05, 4.69) is 179 Å². The highest BCUT2D eigenvalue weighted by Crippen LogP contribution is 2.20. The first-order chi connectivity index (χ1) is 31.1. The minimum absolute atomic E-state index is 0.900. The number of hydrogen-bond donors (Lipinski definition) is 0. The molecule has 0 aliphatic heterocycles. The zero-order valence-electron chi connectivity index (χ0n) is 36.2. The average molecular weight is 949 g/mol. The summed E-state index contributed by atoms with van der Waals surface area (Å²) in [6.45, 7) is 8.31. The Hall–Kier alpha value is -7.48. The molecular weight excluding hydrogens is 904 g/mol. The lowest BCUT2D eigenvalue weighted by Crippen LogP contribution is -1.85. The van der Waals surface area contributed by atoms with Crippen molar-refractivity contribution in [2.24, 2.45) is 0 Å². The van der Waals surface area contributed by atoms with Crippen LogP contribution < -0.4 is 0 Å². The van der Waals surface area contributed by atoms with Crippen LogP contribution in [0, 0.1) is 86.9 Å². The van der Waals surface area contributed by atoms with Crippen molar-refractivity contribution in [1.82, 2.24) is 0 Å². The number of halogens is 2. The molecule has 0 aromatic heterocycles. The van der Waals surface area contributed by atoms with Crippen molar-refractivity contribution in [3.8, 4) is 59.2 Å². The molecule has 0 spiro atoms. The molecule has 8 aromatic rings. The van der Waals surface area contributed by atoms with Crippen molar-refractivity contribution < 1.29 is 0 Å². The number of hydrogen-bond acceptors (Lipinski definition) is 0. The van der Waals surface area contributed by atoms with Gasteiger partial charge < -0.3 is 0 Å². The first-order valence-corrected chi connectivity index (χ1v) is 22.3. The minimum atomic E-state index is 0.900. The highest BCUT2D eigenvalue weighted by atomic mass is 79.9. The fraction of sp³-hybridized carbons (Fsp3) is 0.0645. The molecule has 0 N–H and O–H groups in total. The van der Waals surface area contributed by atoms with Gasteiger partial charge >= 0.3 is 0 Å². The summed E-state index contributed by atoms with van der Waals surface area (Å²) in [6.07, 6.45) is 0. The lowest BCUT2D eigenvalue weighted by molar-refractivity contribution is 1.45. The van der Waals surface area contributed by atoms with E-state index < -0.39 is 0 Å². The van der Waals surface area contributed by atoms with Gasteiger partial charge in [-0.15, -0.1) is 0 Å². The van der Waals surface area contributed by atoms with Crippen LogP contribution in [-0.2, 0) is 0 Å². The Morgan fingerprint density at radius 3 is 0.844 bits per heavy atom. The van der Waals surface area contributed by atoms with E-state index in [1.807, 2.05) is 133 Å². The summed E-state index contributed by atoms with van der Waals surface area (Å²) in [5.41, 5.74) is 14.8. The normalized spacial score (nSPS) is 9.41. The Labute approximate surface area is 397 Å². The van der Waals surface area contributed by atoms with Gasteiger partial charge in [-0.2, -0.15) is 0 Å². The third kappa shape index (κ3) is 16.4. The molecule has 8 aromatic carbocycles. The highest BCUT2D eigenvalue weighted by Gasteiger charge is 1.98. The quantitative estimate of drug-likeness (QED) is 0.133. The van der Waals surface area contributed by atoms with Crippen molar-refractivity contribution in [3.05, 3.63) is 281 Å². The van der Waals surface area contributed by atoms with Gasteiger partial charge in [0.05, 0.1) is 0 Å². The molecule has 0 saturated carbocycles. The molecule has 0 radical (unpaired) electrons. The summed E-state index contributed by atoms with van der Waals surface area (Å²) in [5.74, 6) is 32.1. The summed E-state index contributed by atoms with van der Waals surface area (Å²) in [6, 6.07) is 65.0. The van der Waals surface area contributed by atoms with Crippen LogP contribution in [0.4, 0.5) is 0 Å². The summed E-state index contributed by atoms with van der Waals surface area (Å²) in [7, 11) is 0. The van der Waals surface area contributed by atoms with E-state index in [1.54, 1.807) is 0 Å². The van der Waals surface area contributed by atoms with Gasteiger partial charge in [-0.3, -0.25) is 0 Å². The second kappa shape index (κ2) is 24.2. The van der Waals surface area contributed by atoms with Crippen LogP contribution in [0.15, 0.2) is 203 Å². The molecule has 0 atom stereocenters. The molecular formula is C62H44Br2. The number of rotatable bonds is 0. The fourth-order valence-electron chi connectivity index (χ4n) is 5.87. The van der Waals surface area contributed by atoms with Crippen molar-refractivity contribution in [2.45, 2.75) is 27.7 Å². The van der Waals surface area contributed by atoms with Crippen LogP contribution in [0.3, 0.4) is 0 Å². The van der Waals surface area contributed by atoms with Crippen LogP contribution in [0.1, 0.15) is 77.9 Å². The maximum Gasteiger partial charge on any atom is 0.0273 e. The van der Waals surface area contributed by atoms with Gasteiger partial charge in [0, 0.05) is 64.6 Å². The molecule has 2 heteroatoms. The Morgan fingerprint density at radius 2 is 0.500 bits per heavy atom. The van der Waals surface area contributed by atoms with E-state index in [1.165, 1.54) is 22.3 Å². The predicted octanol–water partition coefficient (Wildman–Crippen LogP) is 14.8. The molecule has 0 aliphatic carbocycles. The van der Waals surface area contributed by atoms with E-state index in [-0.39, 0.29) is 0 Å². The second-order valence-corrected chi connectivity index (χ2v) is 16.7. The van der Waals surface area contributed by atoms with Crippen molar-refractivity contribution in [3.63, 3.8) is 0 Å². The summed E-state index contributed by atoms with van der Waals surface area (Å²) >= 11 is 6.90. The topological polar surface area (TPSA) is 0 Å². The Morgan fingerprint density at radius 1 is 0.219 bits per heavy atom. The van der Waals surface area contributed by atoms with Gasteiger partial charge in [0.25, 0.3) is 0 Å². The van der Waals surface area contributed by atoms with Crippen LogP contribution in [-0.4, -0.2) is 0 Å². The molecule has 0 heterocycles. The second-order valence-electron chi connectivity index (χ2n) is 14.9. The molecule has 0 saturated heterocycles. The zero-order chi connectivity index (χ0) is 44.9. The van der Waals surface area contributed by atoms with Crippen molar-refractivity contribution in [2.75, 3.05) is 0 Å². The molecule has 8 rings (SSSR count). The van der Waals surface area contributed by atoms with Crippen LogP contribution in [0.2, 0.25) is 0 Å². The Kier molecular flexibility index (Phi) is 17.4. The van der Waals surface area contributed by atoms with E-state index in [9.17, 15) is 0 Å². The van der Waals surface area contributed by atoms with Gasteiger partial charge in [0.15, 0.2) is 0 Å². The Balaban J connectivity index is 0.000000174. The van der Waals surface area contributed by atoms with Gasteiger partial charge in [-0.1, -0.05) is 193 Å². The van der Waals surface area contributed by atoms with Crippen LogP contribution in [0.5, 0.6) is 0 Å². The third-order valence-corrected chi connectivity index (χ3v) is 10.2. The number of benzene rings is 8. The molecule has 64 heavy (non-hydrogen) atoms. The van der Waals surface area contributed by atoms with Crippen molar-refractivity contribution in [1.29, 1.82) is 0 Å². The van der Waals surface area contributed by atoms with E-state index in [4.69, 9.17) is 0 Å². The van der Waals surface area contributed by atoms with Gasteiger partial charge in [0.2, 0.25) is 0 Å². The first kappa shape index (κ1) is 46.0. The molecule has 0 aliphatic rings. The monoisotopic (exact) mass is 946 g/mol. The molecule has 306 valence electrons. The van der Waals surface area contributed by atoms with Crippen LogP contribution in [0.25, 0.3) is 0 Å². The number of aryl methyl sites for hydroxylation is 4. The largest absolute Gasteiger partial charge is 0.0622 e. The van der Waals surface area contributed by atoms with E-state index >= 15 is 0 Å². The molecule has 0 fully saturated rings. The fourth-order valence-corrected chi connectivity index (χ4v) is 7.16. The SMILES string of the molecule is Cc1ccc(C#Cc2cc(Br)cc(Br)c2)cc1.Cc1ccc(C#Cc2cc(C#Cc3ccccc3)cc(C#Cc3ccccc3)c2)cc1.Cc1ccc(C#Cc2cccc(C)c2)cc1. The third-order valence-electron chi connectivity index (χ3n) is 9.27. The summed E-state index contributed by atoms with van der Waals surface area (Å²) < 4.78 is 2.06. The smallest absolute Gasteiger partial charge is 0.0273 e. The first-order valence-electron chi connectivity index (χ1n) is 20.7. The minimum Gasteiger partial charge on any atom is -0.0622 e. The maximum atomic E-state index is 3.45. The van der Waals surface area contributed by atoms with Gasteiger partial charge in [-0.25, -0.2) is 0 Å². The summed E-state index contributed by atoms with van der Waals surface area (Å²) in [4.78, 5) is 0. The predicted molar refractivity (Wildman–Crippen MR) is 276 cm³/mol. The van der Waals surface area contributed by atoms with E-state index in [0.29, 0.717) is 0 Å². The molecule has 0 nitrogen and oxygen atoms in total. The average Bonchev–Trinajstić information content (AvgIpc) is 3.30. The lowest BCUT2D eigenvalue weighted by atomic mass is 10.0. The molecule has 0 unspecified atom stereocenters. The highest BCUT2D eigenvalue weighted by molar-refractivity contribution is 9.11. The van der Waals surface area contributed by atoms with Gasteiger partial charge in [0.1, 0.15) is 0 Å². The lowest BCUT2D eigenvalue weighted by Gasteiger charge is -1.98. The van der Waals surface area contributed by atoms with Gasteiger partial charge in [-0.05, 0) is 142 Å². The molecule has 0 amide bonds. The van der Waals surface area contributed by atoms with E-state index in [0.717, 1.165) is 64.6 Å². The van der Waals surface area contributed by atoms with Crippen molar-refractivity contribution >= 4 is 31.9 Å².